The number of halogens is 1. The zero-order valence-corrected chi connectivity index (χ0v) is 10.2. The first-order valence-electron chi connectivity index (χ1n) is 5.75. The van der Waals surface area contributed by atoms with Gasteiger partial charge in [-0.3, -0.25) is 4.79 Å². The highest BCUT2D eigenvalue weighted by Crippen LogP contribution is 2.38. The average molecular weight is 238 g/mol. The largest absolute Gasteiger partial charge is 0.332 e. The van der Waals surface area contributed by atoms with Crippen LogP contribution in [0.5, 0.6) is 0 Å². The quantitative estimate of drug-likeness (QED) is 0.582. The summed E-state index contributed by atoms with van der Waals surface area (Å²) in [6, 6.07) is 10.1. The molecule has 1 amide bonds. The van der Waals surface area contributed by atoms with Crippen molar-refractivity contribution >= 4 is 17.5 Å². The van der Waals surface area contributed by atoms with E-state index in [4.69, 9.17) is 11.6 Å². The van der Waals surface area contributed by atoms with E-state index in [9.17, 15) is 4.79 Å². The van der Waals surface area contributed by atoms with Crippen molar-refractivity contribution in [1.82, 2.24) is 4.90 Å². The molecule has 0 N–H and O–H groups in total. The van der Waals surface area contributed by atoms with Crippen molar-refractivity contribution in [2.75, 3.05) is 6.54 Å². The van der Waals surface area contributed by atoms with E-state index < -0.39 is 0 Å². The third-order valence-electron chi connectivity index (χ3n) is 3.03. The molecule has 1 aliphatic rings. The number of hydrogen-bond donors (Lipinski definition) is 0. The average Bonchev–Trinajstić information content (AvgIpc) is 2.34. The van der Waals surface area contributed by atoms with Crippen molar-refractivity contribution < 1.29 is 4.79 Å². The molecule has 0 saturated carbocycles. The first-order chi connectivity index (χ1) is 7.75. The van der Waals surface area contributed by atoms with Crippen molar-refractivity contribution in [3.05, 3.63) is 35.9 Å². The molecule has 1 aromatic carbocycles. The molecule has 1 aliphatic heterocycles. The second-order valence-corrected chi connectivity index (χ2v) is 4.61. The molecule has 2 atom stereocenters. The van der Waals surface area contributed by atoms with Gasteiger partial charge >= 0.3 is 0 Å². The summed E-state index contributed by atoms with van der Waals surface area (Å²) in [6.45, 7) is 2.94. The third-order valence-corrected chi connectivity index (χ3v) is 3.45. The number of amides is 1. The summed E-state index contributed by atoms with van der Waals surface area (Å²) in [4.78, 5) is 13.5. The van der Waals surface area contributed by atoms with Crippen LogP contribution in [0.3, 0.4) is 0 Å². The van der Waals surface area contributed by atoms with Gasteiger partial charge in [-0.15, -0.1) is 11.6 Å². The van der Waals surface area contributed by atoms with Gasteiger partial charge in [0.2, 0.25) is 5.91 Å². The van der Waals surface area contributed by atoms with Gasteiger partial charge in [0.1, 0.15) is 5.38 Å². The Morgan fingerprint density at radius 1 is 1.31 bits per heavy atom. The summed E-state index contributed by atoms with van der Waals surface area (Å²) >= 11 is 6.08. The first kappa shape index (κ1) is 11.5. The molecule has 0 aliphatic carbocycles. The second-order valence-electron chi connectivity index (χ2n) is 4.14. The lowest BCUT2D eigenvalue weighted by atomic mass is 9.93. The van der Waals surface area contributed by atoms with Crippen molar-refractivity contribution in [1.29, 1.82) is 0 Å². The molecule has 0 spiro atoms. The van der Waals surface area contributed by atoms with E-state index >= 15 is 0 Å². The lowest BCUT2D eigenvalue weighted by Gasteiger charge is -2.44. The maximum absolute atomic E-state index is 11.6. The van der Waals surface area contributed by atoms with Crippen molar-refractivity contribution in [2.45, 2.75) is 31.2 Å². The fraction of sp³-hybridized carbons (Fsp3) is 0.462. The smallest absolute Gasteiger partial charge is 0.243 e. The molecular formula is C13H16ClNO. The van der Waals surface area contributed by atoms with Crippen LogP contribution in [0.15, 0.2) is 30.3 Å². The van der Waals surface area contributed by atoms with Crippen LogP contribution in [-0.2, 0) is 4.79 Å². The van der Waals surface area contributed by atoms with Crippen molar-refractivity contribution in [2.24, 2.45) is 0 Å². The molecule has 86 valence electrons. The fourth-order valence-corrected chi connectivity index (χ4v) is 2.49. The number of unbranched alkanes of at least 4 members (excludes halogenated alkanes) is 1. The zero-order chi connectivity index (χ0) is 11.5. The predicted molar refractivity (Wildman–Crippen MR) is 65.4 cm³/mol. The summed E-state index contributed by atoms with van der Waals surface area (Å²) in [5.74, 6) is 0.0731. The van der Waals surface area contributed by atoms with Gasteiger partial charge in [-0.1, -0.05) is 43.7 Å². The molecule has 1 aromatic rings. The standard InChI is InChI=1S/C13H16ClNO/c1-2-3-9-15-12(11(14)13(15)16)10-7-5-4-6-8-10/h4-8,11-12H,2-3,9H2,1H3/t11-,12+/m0/s1. The minimum Gasteiger partial charge on any atom is -0.332 e. The van der Waals surface area contributed by atoms with Crippen LogP contribution in [-0.4, -0.2) is 22.7 Å². The van der Waals surface area contributed by atoms with Gasteiger partial charge in [-0.25, -0.2) is 0 Å². The van der Waals surface area contributed by atoms with E-state index in [2.05, 4.69) is 6.92 Å². The minimum absolute atomic E-state index is 0.0712. The monoisotopic (exact) mass is 237 g/mol. The van der Waals surface area contributed by atoms with Crippen molar-refractivity contribution in [3.8, 4) is 0 Å². The minimum atomic E-state index is -0.376. The highest BCUT2D eigenvalue weighted by Gasteiger charge is 2.46. The van der Waals surface area contributed by atoms with Gasteiger partial charge in [-0.05, 0) is 12.0 Å². The number of likely N-dealkylation sites (tertiary alicyclic amines) is 1. The number of rotatable bonds is 4. The molecule has 0 bridgehead atoms. The van der Waals surface area contributed by atoms with E-state index in [1.165, 1.54) is 0 Å². The lowest BCUT2D eigenvalue weighted by molar-refractivity contribution is -0.145. The SMILES string of the molecule is CCCCN1C(=O)[C@@H](Cl)[C@H]1c1ccccc1. The van der Waals surface area contributed by atoms with Crippen LogP contribution in [0.4, 0.5) is 0 Å². The molecule has 16 heavy (non-hydrogen) atoms. The molecule has 2 nitrogen and oxygen atoms in total. The maximum atomic E-state index is 11.6. The van der Waals surface area contributed by atoms with Gasteiger partial charge in [0.15, 0.2) is 0 Å². The molecule has 1 heterocycles. The topological polar surface area (TPSA) is 20.3 Å². The highest BCUT2D eigenvalue weighted by molar-refractivity contribution is 6.33. The number of nitrogens with zero attached hydrogens (tertiary/aromatic N) is 1. The Labute approximate surface area is 101 Å². The van der Waals surface area contributed by atoms with Gasteiger partial charge in [0, 0.05) is 6.54 Å². The lowest BCUT2D eigenvalue weighted by Crippen LogP contribution is -2.56. The number of β-lactam (4-membered cyclic amide) rings is 1. The number of benzene rings is 1. The summed E-state index contributed by atoms with van der Waals surface area (Å²) in [6.07, 6.45) is 2.14. The highest BCUT2D eigenvalue weighted by atomic mass is 35.5. The second kappa shape index (κ2) is 4.88. The predicted octanol–water partition coefficient (Wildman–Crippen LogP) is 2.98. The molecule has 1 fully saturated rings. The van der Waals surface area contributed by atoms with Crippen molar-refractivity contribution in [3.63, 3.8) is 0 Å². The number of hydrogen-bond acceptors (Lipinski definition) is 1. The Morgan fingerprint density at radius 2 is 2.00 bits per heavy atom. The first-order valence-corrected chi connectivity index (χ1v) is 6.19. The van der Waals surface area contributed by atoms with E-state index in [0.717, 1.165) is 24.9 Å². The summed E-state index contributed by atoms with van der Waals surface area (Å²) in [5, 5.41) is -0.376. The molecule has 1 saturated heterocycles. The molecule has 0 unspecified atom stereocenters. The molecule has 2 rings (SSSR count). The Kier molecular flexibility index (Phi) is 3.49. The fourth-order valence-electron chi connectivity index (χ4n) is 2.08. The van der Waals surface area contributed by atoms with Crippen LogP contribution in [0, 0.1) is 0 Å². The van der Waals surface area contributed by atoms with E-state index in [1.54, 1.807) is 0 Å². The van der Waals surface area contributed by atoms with E-state index in [0.29, 0.717) is 0 Å². The third kappa shape index (κ3) is 1.94. The number of alkyl halides is 1. The number of carbonyl (C=O) groups excluding carboxylic acids is 1. The Morgan fingerprint density at radius 3 is 2.62 bits per heavy atom. The van der Waals surface area contributed by atoms with Crippen LogP contribution >= 0.6 is 11.6 Å². The van der Waals surface area contributed by atoms with E-state index in [1.807, 2.05) is 35.2 Å². The maximum Gasteiger partial charge on any atom is 0.243 e. The number of carbonyl (C=O) groups is 1. The van der Waals surface area contributed by atoms with Crippen LogP contribution in [0.2, 0.25) is 0 Å². The molecule has 3 heteroatoms. The van der Waals surface area contributed by atoms with Gasteiger partial charge < -0.3 is 4.90 Å². The van der Waals surface area contributed by atoms with E-state index in [-0.39, 0.29) is 17.3 Å². The Bertz CT molecular complexity index is 365. The molecule has 0 aromatic heterocycles. The Balaban J connectivity index is 2.11. The Hall–Kier alpha value is -1.02. The van der Waals surface area contributed by atoms with Crippen LogP contribution in [0.1, 0.15) is 31.4 Å². The normalized spacial score (nSPS) is 24.4. The summed E-state index contributed by atoms with van der Waals surface area (Å²) in [5.41, 5.74) is 1.14. The molecule has 0 radical (unpaired) electrons. The van der Waals surface area contributed by atoms with Gasteiger partial charge in [0.25, 0.3) is 0 Å². The summed E-state index contributed by atoms with van der Waals surface area (Å²) < 4.78 is 0. The van der Waals surface area contributed by atoms with Crippen LogP contribution < -0.4 is 0 Å². The van der Waals surface area contributed by atoms with Crippen LogP contribution in [0.25, 0.3) is 0 Å². The zero-order valence-electron chi connectivity index (χ0n) is 9.40. The summed E-state index contributed by atoms with van der Waals surface area (Å²) in [7, 11) is 0. The van der Waals surface area contributed by atoms with Gasteiger partial charge in [0.05, 0.1) is 6.04 Å². The van der Waals surface area contributed by atoms with Gasteiger partial charge in [-0.2, -0.15) is 0 Å². The molecular weight excluding hydrogens is 222 g/mol.